The van der Waals surface area contributed by atoms with Crippen molar-refractivity contribution in [2.24, 2.45) is 22.2 Å². The Bertz CT molecular complexity index is 249. The van der Waals surface area contributed by atoms with E-state index in [1.807, 2.05) is 0 Å². The number of nitrogens with zero attached hydrogens (tertiary/aromatic N) is 1. The first-order valence-electron chi connectivity index (χ1n) is 4.55. The van der Waals surface area contributed by atoms with Crippen LogP contribution in [0.15, 0.2) is 4.99 Å². The summed E-state index contributed by atoms with van der Waals surface area (Å²) in [6.45, 7) is 1.80. The Kier molecular flexibility index (Phi) is 5.84. The zero-order valence-electron chi connectivity index (χ0n) is 8.64. The molecule has 7 N–H and O–H groups in total. The van der Waals surface area contributed by atoms with E-state index in [1.54, 1.807) is 6.92 Å². The van der Waals surface area contributed by atoms with E-state index in [4.69, 9.17) is 17.2 Å². The number of nitrogens with two attached hydrogens (primary N) is 3. The second-order valence-electron chi connectivity index (χ2n) is 3.22. The number of rotatable bonds is 7. The number of guanidine groups is 1. The molecule has 0 bridgehead atoms. The maximum absolute atomic E-state index is 10.8. The van der Waals surface area contributed by atoms with Crippen LogP contribution in [-0.2, 0) is 9.59 Å². The molecule has 0 heterocycles. The van der Waals surface area contributed by atoms with Gasteiger partial charge in [-0.15, -0.1) is 0 Å². The fourth-order valence-electron chi connectivity index (χ4n) is 1.12. The summed E-state index contributed by atoms with van der Waals surface area (Å²) in [5.74, 6) is -0.569. The maximum Gasteiger partial charge on any atom is 0.239 e. The molecule has 2 amide bonds. The molecule has 2 atom stereocenters. The summed E-state index contributed by atoms with van der Waals surface area (Å²) in [5, 5.41) is 2.32. The highest BCUT2D eigenvalue weighted by molar-refractivity contribution is 5.81. The Morgan fingerprint density at radius 2 is 2.00 bits per heavy atom. The van der Waals surface area contributed by atoms with Crippen molar-refractivity contribution >= 4 is 18.3 Å². The largest absolute Gasteiger partial charge is 0.370 e. The molecule has 0 saturated heterocycles. The molecule has 15 heavy (non-hydrogen) atoms. The summed E-state index contributed by atoms with van der Waals surface area (Å²) in [6.07, 6.45) is 1.42. The van der Waals surface area contributed by atoms with Crippen LogP contribution in [0.5, 0.6) is 0 Å². The lowest BCUT2D eigenvalue weighted by molar-refractivity contribution is -0.122. The van der Waals surface area contributed by atoms with Gasteiger partial charge in [0.05, 0.1) is 6.04 Å². The van der Waals surface area contributed by atoms with E-state index in [2.05, 4.69) is 10.3 Å². The highest BCUT2D eigenvalue weighted by atomic mass is 16.2. The fourth-order valence-corrected chi connectivity index (χ4v) is 1.12. The second-order valence-corrected chi connectivity index (χ2v) is 3.22. The summed E-state index contributed by atoms with van der Waals surface area (Å²) in [6, 6.07) is -0.774. The number of carbonyl (C=O) groups is 2. The second kappa shape index (κ2) is 6.63. The third kappa shape index (κ3) is 6.30. The Morgan fingerprint density at radius 3 is 2.40 bits per heavy atom. The number of primary amides is 1. The molecule has 0 aliphatic rings. The summed E-state index contributed by atoms with van der Waals surface area (Å²) in [5.41, 5.74) is 15.4. The zero-order chi connectivity index (χ0) is 11.8. The molecule has 0 spiro atoms. The maximum atomic E-state index is 10.8. The first kappa shape index (κ1) is 13.2. The Balaban J connectivity index is 4.04. The lowest BCUT2D eigenvalue weighted by Crippen LogP contribution is -2.41. The third-order valence-electron chi connectivity index (χ3n) is 1.86. The average Bonchev–Trinajstić information content (AvgIpc) is 2.10. The van der Waals surface area contributed by atoms with Crippen molar-refractivity contribution in [1.29, 1.82) is 0 Å². The van der Waals surface area contributed by atoms with Crippen molar-refractivity contribution < 1.29 is 9.59 Å². The number of amides is 2. The van der Waals surface area contributed by atoms with Gasteiger partial charge < -0.3 is 22.5 Å². The molecule has 0 unspecified atom stereocenters. The van der Waals surface area contributed by atoms with Crippen molar-refractivity contribution in [1.82, 2.24) is 5.32 Å². The quantitative estimate of drug-likeness (QED) is 0.222. The van der Waals surface area contributed by atoms with Gasteiger partial charge in [0, 0.05) is 0 Å². The summed E-state index contributed by atoms with van der Waals surface area (Å²) >= 11 is 0. The SMILES string of the molecule is C[C@@H](CC[C@H](NC=O)C(N)=O)N=C(N)N. The van der Waals surface area contributed by atoms with Crippen molar-refractivity contribution in [3.05, 3.63) is 0 Å². The number of aliphatic imine (C=N–C) groups is 1. The van der Waals surface area contributed by atoms with Crippen molar-refractivity contribution in [3.8, 4) is 0 Å². The van der Waals surface area contributed by atoms with Gasteiger partial charge in [0.25, 0.3) is 0 Å². The molecule has 0 aromatic rings. The average molecular weight is 215 g/mol. The zero-order valence-corrected chi connectivity index (χ0v) is 8.64. The molecule has 0 radical (unpaired) electrons. The van der Waals surface area contributed by atoms with Crippen LogP contribution in [0.1, 0.15) is 19.8 Å². The Morgan fingerprint density at radius 1 is 1.40 bits per heavy atom. The van der Waals surface area contributed by atoms with Gasteiger partial charge in [-0.2, -0.15) is 0 Å². The van der Waals surface area contributed by atoms with Gasteiger partial charge in [0.15, 0.2) is 5.96 Å². The van der Waals surface area contributed by atoms with Gasteiger partial charge in [-0.1, -0.05) is 0 Å². The normalized spacial score (nSPS) is 13.7. The lowest BCUT2D eigenvalue weighted by atomic mass is 10.1. The van der Waals surface area contributed by atoms with Crippen LogP contribution in [0, 0.1) is 0 Å². The van der Waals surface area contributed by atoms with E-state index in [-0.39, 0.29) is 12.0 Å². The number of carbonyl (C=O) groups excluding carboxylic acids is 2. The highest BCUT2D eigenvalue weighted by Gasteiger charge is 2.14. The van der Waals surface area contributed by atoms with Gasteiger partial charge >= 0.3 is 0 Å². The summed E-state index contributed by atoms with van der Waals surface area (Å²) < 4.78 is 0. The first-order valence-corrected chi connectivity index (χ1v) is 4.55. The van der Waals surface area contributed by atoms with Crippen LogP contribution >= 0.6 is 0 Å². The molecule has 0 aliphatic carbocycles. The molecule has 0 saturated carbocycles. The van der Waals surface area contributed by atoms with Crippen LogP contribution in [0.4, 0.5) is 0 Å². The number of hydrogen-bond acceptors (Lipinski definition) is 3. The van der Waals surface area contributed by atoms with Crippen LogP contribution < -0.4 is 22.5 Å². The Hall–Kier alpha value is -1.79. The molecule has 7 nitrogen and oxygen atoms in total. The molecule has 7 heteroatoms. The van der Waals surface area contributed by atoms with E-state index in [0.717, 1.165) is 0 Å². The van der Waals surface area contributed by atoms with Gasteiger partial charge in [-0.3, -0.25) is 14.6 Å². The van der Waals surface area contributed by atoms with Crippen LogP contribution in [-0.4, -0.2) is 30.4 Å². The minimum atomic E-state index is -0.667. The standard InChI is InChI=1S/C8H17N5O2/c1-5(13-8(10)11)2-3-6(7(9)15)12-4-14/h4-6H,2-3H2,1H3,(H2,9,15)(H,12,14)(H4,10,11,13)/t5-,6-/m0/s1. The highest BCUT2D eigenvalue weighted by Crippen LogP contribution is 2.04. The van der Waals surface area contributed by atoms with Crippen LogP contribution in [0.3, 0.4) is 0 Å². The van der Waals surface area contributed by atoms with E-state index in [9.17, 15) is 9.59 Å². The molecular formula is C8H17N5O2. The monoisotopic (exact) mass is 215 g/mol. The van der Waals surface area contributed by atoms with Crippen LogP contribution in [0.25, 0.3) is 0 Å². The Labute approximate surface area is 88.1 Å². The summed E-state index contributed by atoms with van der Waals surface area (Å²) in [7, 11) is 0. The molecule has 0 aromatic heterocycles. The number of nitrogens with one attached hydrogen (secondary N) is 1. The smallest absolute Gasteiger partial charge is 0.239 e. The lowest BCUT2D eigenvalue weighted by Gasteiger charge is -2.13. The molecule has 0 aromatic carbocycles. The minimum Gasteiger partial charge on any atom is -0.370 e. The van der Waals surface area contributed by atoms with E-state index < -0.39 is 11.9 Å². The molecule has 0 fully saturated rings. The van der Waals surface area contributed by atoms with Crippen LogP contribution in [0.2, 0.25) is 0 Å². The summed E-state index contributed by atoms with van der Waals surface area (Å²) in [4.78, 5) is 24.9. The molecular weight excluding hydrogens is 198 g/mol. The molecule has 0 rings (SSSR count). The van der Waals surface area contributed by atoms with Crippen molar-refractivity contribution in [3.63, 3.8) is 0 Å². The first-order chi connectivity index (χ1) is 6.97. The van der Waals surface area contributed by atoms with E-state index >= 15 is 0 Å². The predicted octanol–water partition coefficient (Wildman–Crippen LogP) is -1.97. The fraction of sp³-hybridized carbons (Fsp3) is 0.625. The van der Waals surface area contributed by atoms with Gasteiger partial charge in [0.1, 0.15) is 6.04 Å². The van der Waals surface area contributed by atoms with Gasteiger partial charge in [-0.05, 0) is 19.8 Å². The predicted molar refractivity (Wildman–Crippen MR) is 56.7 cm³/mol. The van der Waals surface area contributed by atoms with E-state index in [1.165, 1.54) is 0 Å². The third-order valence-corrected chi connectivity index (χ3v) is 1.86. The van der Waals surface area contributed by atoms with Crippen molar-refractivity contribution in [2.45, 2.75) is 31.8 Å². The topological polar surface area (TPSA) is 137 Å². The van der Waals surface area contributed by atoms with E-state index in [0.29, 0.717) is 19.3 Å². The molecule has 0 aliphatic heterocycles. The minimum absolute atomic E-state index is 0.00136. The van der Waals surface area contributed by atoms with Gasteiger partial charge in [0.2, 0.25) is 12.3 Å². The van der Waals surface area contributed by atoms with Crippen molar-refractivity contribution in [2.75, 3.05) is 0 Å². The molecule has 86 valence electrons. The number of hydrogen-bond donors (Lipinski definition) is 4. The van der Waals surface area contributed by atoms with Gasteiger partial charge in [-0.25, -0.2) is 0 Å².